The van der Waals surface area contributed by atoms with Crippen molar-refractivity contribution in [2.75, 3.05) is 19.0 Å². The molecule has 0 saturated heterocycles. The Labute approximate surface area is 145 Å². The standard InChI is InChI=1S/C16H12F2N2O6/c1-25-16(22)9-2-5-14(13(6-9)20(23)24)26-8-15(21)19-12-4-3-10(17)7-11(12)18/h2-7H,8H2,1H3,(H,19,21). The second-order valence-corrected chi connectivity index (χ2v) is 4.89. The van der Waals surface area contributed by atoms with Crippen molar-refractivity contribution in [2.24, 2.45) is 0 Å². The van der Waals surface area contributed by atoms with Crippen molar-refractivity contribution in [1.82, 2.24) is 0 Å². The molecule has 1 amide bonds. The number of hydrogen-bond acceptors (Lipinski definition) is 6. The highest BCUT2D eigenvalue weighted by Gasteiger charge is 2.20. The fraction of sp³-hybridized carbons (Fsp3) is 0.125. The highest BCUT2D eigenvalue weighted by molar-refractivity contribution is 5.92. The van der Waals surface area contributed by atoms with Crippen LogP contribution < -0.4 is 10.1 Å². The van der Waals surface area contributed by atoms with Crippen LogP contribution in [0.2, 0.25) is 0 Å². The number of nitro groups is 1. The maximum absolute atomic E-state index is 13.5. The van der Waals surface area contributed by atoms with Crippen molar-refractivity contribution in [3.05, 3.63) is 63.7 Å². The maximum atomic E-state index is 13.5. The molecule has 2 rings (SSSR count). The minimum Gasteiger partial charge on any atom is -0.477 e. The molecular formula is C16H12F2N2O6. The Morgan fingerprint density at radius 1 is 1.19 bits per heavy atom. The van der Waals surface area contributed by atoms with Crippen LogP contribution in [0.15, 0.2) is 36.4 Å². The second-order valence-electron chi connectivity index (χ2n) is 4.89. The van der Waals surface area contributed by atoms with E-state index in [1.54, 1.807) is 0 Å². The molecule has 136 valence electrons. The summed E-state index contributed by atoms with van der Waals surface area (Å²) in [6.45, 7) is -0.671. The highest BCUT2D eigenvalue weighted by Crippen LogP contribution is 2.28. The van der Waals surface area contributed by atoms with Crippen molar-refractivity contribution in [3.63, 3.8) is 0 Å². The van der Waals surface area contributed by atoms with Gasteiger partial charge in [-0.15, -0.1) is 0 Å². The first-order valence-corrected chi connectivity index (χ1v) is 7.06. The number of carbonyl (C=O) groups excluding carboxylic acids is 2. The summed E-state index contributed by atoms with van der Waals surface area (Å²) >= 11 is 0. The fourth-order valence-electron chi connectivity index (χ4n) is 1.95. The number of benzene rings is 2. The molecule has 0 aliphatic rings. The fourth-order valence-corrected chi connectivity index (χ4v) is 1.95. The Kier molecular flexibility index (Phi) is 5.78. The molecule has 0 bridgehead atoms. The van der Waals surface area contributed by atoms with Gasteiger partial charge in [-0.25, -0.2) is 13.6 Å². The van der Waals surface area contributed by atoms with E-state index in [0.29, 0.717) is 6.07 Å². The van der Waals surface area contributed by atoms with Crippen molar-refractivity contribution in [2.45, 2.75) is 0 Å². The molecule has 2 aromatic carbocycles. The molecule has 0 fully saturated rings. The molecular weight excluding hydrogens is 354 g/mol. The minimum absolute atomic E-state index is 0.0654. The predicted molar refractivity (Wildman–Crippen MR) is 84.9 cm³/mol. The number of methoxy groups -OCH3 is 1. The Hall–Kier alpha value is -3.56. The number of rotatable bonds is 6. The summed E-state index contributed by atoms with van der Waals surface area (Å²) in [5.41, 5.74) is -0.881. The molecule has 0 aliphatic carbocycles. The molecule has 0 unspecified atom stereocenters. The second kappa shape index (κ2) is 8.01. The molecule has 1 N–H and O–H groups in total. The zero-order valence-corrected chi connectivity index (χ0v) is 13.3. The van der Waals surface area contributed by atoms with Gasteiger partial charge in [0.05, 0.1) is 23.3 Å². The number of esters is 1. The number of anilines is 1. The van der Waals surface area contributed by atoms with Gasteiger partial charge in [0.2, 0.25) is 0 Å². The minimum atomic E-state index is -0.980. The van der Waals surface area contributed by atoms with Crippen molar-refractivity contribution in [1.29, 1.82) is 0 Å². The SMILES string of the molecule is COC(=O)c1ccc(OCC(=O)Nc2ccc(F)cc2F)c([N+](=O)[O-])c1. The molecule has 0 radical (unpaired) electrons. The summed E-state index contributed by atoms with van der Waals surface area (Å²) in [7, 11) is 1.12. The summed E-state index contributed by atoms with van der Waals surface area (Å²) in [6.07, 6.45) is 0. The van der Waals surface area contributed by atoms with E-state index in [1.807, 2.05) is 0 Å². The average molecular weight is 366 g/mol. The van der Waals surface area contributed by atoms with Gasteiger partial charge in [0.25, 0.3) is 5.91 Å². The first-order chi connectivity index (χ1) is 12.3. The molecule has 10 heteroatoms. The summed E-state index contributed by atoms with van der Waals surface area (Å²) < 4.78 is 35.8. The quantitative estimate of drug-likeness (QED) is 0.478. The van der Waals surface area contributed by atoms with Crippen LogP contribution in [-0.4, -0.2) is 30.5 Å². The third kappa shape index (κ3) is 4.50. The van der Waals surface area contributed by atoms with Crippen LogP contribution in [-0.2, 0) is 9.53 Å². The van der Waals surface area contributed by atoms with E-state index in [-0.39, 0.29) is 17.0 Å². The van der Waals surface area contributed by atoms with Gasteiger partial charge in [-0.2, -0.15) is 0 Å². The molecule has 2 aromatic rings. The number of nitro benzene ring substituents is 1. The van der Waals surface area contributed by atoms with E-state index in [2.05, 4.69) is 10.1 Å². The monoisotopic (exact) mass is 366 g/mol. The van der Waals surface area contributed by atoms with Crippen LogP contribution in [0.4, 0.5) is 20.2 Å². The molecule has 0 atom stereocenters. The van der Waals surface area contributed by atoms with Crippen molar-refractivity contribution >= 4 is 23.3 Å². The van der Waals surface area contributed by atoms with Gasteiger partial charge in [0.1, 0.15) is 11.6 Å². The Balaban J connectivity index is 2.09. The van der Waals surface area contributed by atoms with Gasteiger partial charge in [-0.3, -0.25) is 14.9 Å². The summed E-state index contributed by atoms with van der Waals surface area (Å²) in [6, 6.07) is 5.87. The highest BCUT2D eigenvalue weighted by atomic mass is 19.1. The van der Waals surface area contributed by atoms with Crippen molar-refractivity contribution < 1.29 is 32.8 Å². The van der Waals surface area contributed by atoms with Crippen LogP contribution in [0.3, 0.4) is 0 Å². The van der Waals surface area contributed by atoms with E-state index in [4.69, 9.17) is 4.74 Å². The van der Waals surface area contributed by atoms with Gasteiger partial charge < -0.3 is 14.8 Å². The largest absolute Gasteiger partial charge is 0.477 e. The third-order valence-corrected chi connectivity index (χ3v) is 3.14. The van der Waals surface area contributed by atoms with Crippen LogP contribution in [0, 0.1) is 21.7 Å². The van der Waals surface area contributed by atoms with Crippen molar-refractivity contribution in [3.8, 4) is 5.75 Å². The van der Waals surface area contributed by atoms with Crippen LogP contribution >= 0.6 is 0 Å². The number of amides is 1. The number of carbonyl (C=O) groups is 2. The molecule has 0 heterocycles. The van der Waals surface area contributed by atoms with Gasteiger partial charge in [-0.1, -0.05) is 0 Å². The smallest absolute Gasteiger partial charge is 0.338 e. The first kappa shape index (κ1) is 18.8. The zero-order valence-electron chi connectivity index (χ0n) is 13.3. The summed E-state index contributed by atoms with van der Waals surface area (Å²) in [5, 5.41) is 13.2. The van der Waals surface area contributed by atoms with Gasteiger partial charge >= 0.3 is 11.7 Å². The van der Waals surface area contributed by atoms with E-state index in [0.717, 1.165) is 31.4 Å². The molecule has 0 spiro atoms. The van der Waals surface area contributed by atoms with Gasteiger partial charge in [0, 0.05) is 12.1 Å². The van der Waals surface area contributed by atoms with E-state index in [9.17, 15) is 28.5 Å². The maximum Gasteiger partial charge on any atom is 0.338 e. The number of hydrogen-bond donors (Lipinski definition) is 1. The Morgan fingerprint density at radius 3 is 2.54 bits per heavy atom. The van der Waals surface area contributed by atoms with Gasteiger partial charge in [-0.05, 0) is 24.3 Å². The Morgan fingerprint density at radius 2 is 1.92 bits per heavy atom. The lowest BCUT2D eigenvalue weighted by Gasteiger charge is -2.09. The molecule has 26 heavy (non-hydrogen) atoms. The topological polar surface area (TPSA) is 108 Å². The predicted octanol–water partition coefficient (Wildman–Crippen LogP) is 2.68. The summed E-state index contributed by atoms with van der Waals surface area (Å²) in [4.78, 5) is 33.5. The van der Waals surface area contributed by atoms with E-state index >= 15 is 0 Å². The van der Waals surface area contributed by atoms with E-state index in [1.165, 1.54) is 6.07 Å². The van der Waals surface area contributed by atoms with Crippen LogP contribution in [0.25, 0.3) is 0 Å². The summed E-state index contributed by atoms with van der Waals surface area (Å²) in [5.74, 6) is -3.65. The molecule has 0 saturated carbocycles. The Bertz CT molecular complexity index is 872. The lowest BCUT2D eigenvalue weighted by Crippen LogP contribution is -2.21. The molecule has 0 aromatic heterocycles. The normalized spacial score (nSPS) is 10.1. The molecule has 8 nitrogen and oxygen atoms in total. The van der Waals surface area contributed by atoms with E-state index < -0.39 is 40.7 Å². The first-order valence-electron chi connectivity index (χ1n) is 7.06. The average Bonchev–Trinajstić information content (AvgIpc) is 2.61. The van der Waals surface area contributed by atoms with Gasteiger partial charge in [0.15, 0.2) is 12.4 Å². The molecule has 0 aliphatic heterocycles. The lowest BCUT2D eigenvalue weighted by atomic mass is 10.2. The van der Waals surface area contributed by atoms with Crippen LogP contribution in [0.1, 0.15) is 10.4 Å². The lowest BCUT2D eigenvalue weighted by molar-refractivity contribution is -0.385. The number of nitrogens with zero attached hydrogens (tertiary/aromatic N) is 1. The number of ether oxygens (including phenoxy) is 2. The van der Waals surface area contributed by atoms with Crippen LogP contribution in [0.5, 0.6) is 5.75 Å². The number of nitrogens with one attached hydrogen (secondary N) is 1. The number of halogens is 2. The zero-order chi connectivity index (χ0) is 19.3. The third-order valence-electron chi connectivity index (χ3n) is 3.14.